The van der Waals surface area contributed by atoms with Gasteiger partial charge in [-0.15, -0.1) is 0 Å². The smallest absolute Gasteiger partial charge is 0.302 e. The third-order valence-corrected chi connectivity index (χ3v) is 6.81. The lowest BCUT2D eigenvalue weighted by Gasteiger charge is -2.23. The number of halogens is 1. The summed E-state index contributed by atoms with van der Waals surface area (Å²) in [6.07, 6.45) is 0. The number of fused-ring (bicyclic) bond motifs is 1. The lowest BCUT2D eigenvalue weighted by molar-refractivity contribution is -0.132. The Bertz CT molecular complexity index is 1630. The molecule has 11 heteroatoms. The summed E-state index contributed by atoms with van der Waals surface area (Å²) in [7, 11) is 5.92. The zero-order valence-corrected chi connectivity index (χ0v) is 22.2. The summed E-state index contributed by atoms with van der Waals surface area (Å²) < 4.78 is 21.2. The van der Waals surface area contributed by atoms with Gasteiger partial charge >= 0.3 is 5.91 Å². The van der Waals surface area contributed by atoms with E-state index >= 15 is 0 Å². The van der Waals surface area contributed by atoms with Crippen LogP contribution in [0.5, 0.6) is 23.0 Å². The maximum absolute atomic E-state index is 13.5. The highest BCUT2D eigenvalue weighted by Gasteiger charge is 2.48. The lowest BCUT2D eigenvalue weighted by atomic mass is 9.95. The van der Waals surface area contributed by atoms with Crippen LogP contribution in [0.3, 0.4) is 0 Å². The van der Waals surface area contributed by atoms with Gasteiger partial charge in [-0.2, -0.15) is 0 Å². The fraction of sp³-hybridized carbons (Fsp3) is 0.179. The van der Waals surface area contributed by atoms with Crippen molar-refractivity contribution in [2.45, 2.75) is 6.04 Å². The molecule has 3 aromatic carbocycles. The third kappa shape index (κ3) is 4.38. The summed E-state index contributed by atoms with van der Waals surface area (Å²) >= 11 is 6.34. The molecular formula is C28H24ClN3O7. The van der Waals surface area contributed by atoms with Crippen molar-refractivity contribution in [3.05, 3.63) is 76.3 Å². The van der Waals surface area contributed by atoms with Gasteiger partial charge in [-0.1, -0.05) is 23.7 Å². The minimum atomic E-state index is -1.04. The number of carbonyl (C=O) groups excluding carboxylic acids is 2. The van der Waals surface area contributed by atoms with E-state index in [0.29, 0.717) is 33.8 Å². The monoisotopic (exact) mass is 549 g/mol. The number of anilines is 1. The van der Waals surface area contributed by atoms with E-state index < -0.39 is 23.5 Å². The Morgan fingerprint density at radius 1 is 0.897 bits per heavy atom. The number of benzene rings is 3. The molecule has 1 fully saturated rings. The van der Waals surface area contributed by atoms with E-state index in [1.54, 1.807) is 49.6 Å². The van der Waals surface area contributed by atoms with Crippen molar-refractivity contribution in [1.82, 2.24) is 9.97 Å². The highest BCUT2D eigenvalue weighted by molar-refractivity contribution is 6.51. The van der Waals surface area contributed by atoms with Gasteiger partial charge in [-0.05, 0) is 35.9 Å². The second kappa shape index (κ2) is 10.2. The fourth-order valence-electron chi connectivity index (χ4n) is 4.56. The van der Waals surface area contributed by atoms with E-state index in [4.69, 9.17) is 30.5 Å². The Balaban J connectivity index is 1.74. The van der Waals surface area contributed by atoms with Crippen molar-refractivity contribution in [1.29, 1.82) is 0 Å². The zero-order chi connectivity index (χ0) is 27.8. The minimum Gasteiger partial charge on any atom is -0.507 e. The van der Waals surface area contributed by atoms with E-state index in [-0.39, 0.29) is 27.9 Å². The maximum Gasteiger partial charge on any atom is 0.302 e. The number of ketones is 1. The van der Waals surface area contributed by atoms with Crippen LogP contribution in [0.15, 0.2) is 60.2 Å². The number of carbonyl (C=O) groups is 2. The van der Waals surface area contributed by atoms with Gasteiger partial charge < -0.3 is 29.0 Å². The second-order valence-electron chi connectivity index (χ2n) is 8.57. The summed E-state index contributed by atoms with van der Waals surface area (Å²) in [5.41, 5.74) is 1.65. The molecule has 0 bridgehead atoms. The zero-order valence-electron chi connectivity index (χ0n) is 21.4. The molecule has 4 aromatic rings. The molecule has 39 heavy (non-hydrogen) atoms. The summed E-state index contributed by atoms with van der Waals surface area (Å²) in [6, 6.07) is 13.9. The average Bonchev–Trinajstić information content (AvgIpc) is 3.49. The number of Topliss-reactive ketones (excluding diaryl/α,β-unsaturated/α-hetero) is 1. The molecule has 1 saturated heterocycles. The van der Waals surface area contributed by atoms with Crippen LogP contribution in [0.2, 0.25) is 5.02 Å². The number of H-pyrrole nitrogens is 1. The first kappa shape index (κ1) is 25.9. The van der Waals surface area contributed by atoms with Gasteiger partial charge in [0.1, 0.15) is 28.8 Å². The SMILES string of the molecule is COc1ccc(C2/C(=C(\O)c3cc(Cl)c(OC)cc3OC)C(=O)C(=O)N2c2nc3ccc(OC)cc3[nH]2)cc1. The number of nitrogens with zero attached hydrogens (tertiary/aromatic N) is 2. The van der Waals surface area contributed by atoms with E-state index in [1.165, 1.54) is 38.4 Å². The number of nitrogens with one attached hydrogen (secondary N) is 1. The molecule has 2 heterocycles. The van der Waals surface area contributed by atoms with Crippen LogP contribution in [0.1, 0.15) is 17.2 Å². The molecule has 0 radical (unpaired) electrons. The summed E-state index contributed by atoms with van der Waals surface area (Å²) in [4.78, 5) is 35.9. The van der Waals surface area contributed by atoms with Crippen LogP contribution in [0, 0.1) is 0 Å². The number of amides is 1. The Morgan fingerprint density at radius 3 is 2.21 bits per heavy atom. The van der Waals surface area contributed by atoms with E-state index in [1.807, 2.05) is 0 Å². The Hall–Kier alpha value is -4.70. The molecular weight excluding hydrogens is 526 g/mol. The normalized spacial score (nSPS) is 16.5. The van der Waals surface area contributed by atoms with Gasteiger partial charge in [0.2, 0.25) is 5.95 Å². The summed E-state index contributed by atoms with van der Waals surface area (Å²) in [5.74, 6) is -0.428. The van der Waals surface area contributed by atoms with Crippen molar-refractivity contribution in [2.24, 2.45) is 0 Å². The largest absolute Gasteiger partial charge is 0.507 e. The number of aliphatic hydroxyl groups is 1. The molecule has 5 rings (SSSR count). The van der Waals surface area contributed by atoms with Crippen LogP contribution in [0.4, 0.5) is 5.95 Å². The molecule has 200 valence electrons. The fourth-order valence-corrected chi connectivity index (χ4v) is 4.80. The molecule has 1 atom stereocenters. The maximum atomic E-state index is 13.5. The number of aromatic nitrogens is 2. The molecule has 1 aromatic heterocycles. The van der Waals surface area contributed by atoms with Gasteiger partial charge in [0.15, 0.2) is 0 Å². The van der Waals surface area contributed by atoms with Crippen molar-refractivity contribution in [3.63, 3.8) is 0 Å². The Labute approximate surface area is 228 Å². The van der Waals surface area contributed by atoms with E-state index in [0.717, 1.165) is 0 Å². The topological polar surface area (TPSA) is 123 Å². The van der Waals surface area contributed by atoms with Crippen molar-refractivity contribution >= 4 is 46.0 Å². The first-order valence-electron chi connectivity index (χ1n) is 11.7. The number of rotatable bonds is 7. The number of ether oxygens (including phenoxy) is 4. The van der Waals surface area contributed by atoms with Crippen LogP contribution in [0.25, 0.3) is 16.8 Å². The van der Waals surface area contributed by atoms with Crippen LogP contribution >= 0.6 is 11.6 Å². The number of methoxy groups -OCH3 is 4. The number of aromatic amines is 1. The Morgan fingerprint density at radius 2 is 1.56 bits per heavy atom. The molecule has 0 spiro atoms. The molecule has 0 saturated carbocycles. The van der Waals surface area contributed by atoms with E-state index in [9.17, 15) is 14.7 Å². The number of hydrogen-bond acceptors (Lipinski definition) is 8. The lowest BCUT2D eigenvalue weighted by Crippen LogP contribution is -2.30. The van der Waals surface area contributed by atoms with Crippen LogP contribution in [-0.4, -0.2) is 55.2 Å². The van der Waals surface area contributed by atoms with Gasteiger partial charge in [0.25, 0.3) is 5.78 Å². The first-order valence-corrected chi connectivity index (χ1v) is 12.1. The highest BCUT2D eigenvalue weighted by atomic mass is 35.5. The third-order valence-electron chi connectivity index (χ3n) is 6.51. The first-order chi connectivity index (χ1) is 18.8. The standard InChI is InChI=1S/C28H24ClN3O7/c1-36-15-7-5-14(6-8-15)24-23(25(33)17-12-18(29)22(39-4)13-21(17)38-3)26(34)27(35)32(24)28-30-19-10-9-16(37-2)11-20(19)31-28/h5-13,24,33H,1-4H3,(H,30,31)/b25-23+. The van der Waals surface area contributed by atoms with Gasteiger partial charge in [0, 0.05) is 12.1 Å². The van der Waals surface area contributed by atoms with Crippen molar-refractivity contribution in [3.8, 4) is 23.0 Å². The molecule has 1 unspecified atom stereocenters. The van der Waals surface area contributed by atoms with Crippen LogP contribution < -0.4 is 23.8 Å². The van der Waals surface area contributed by atoms with Crippen LogP contribution in [-0.2, 0) is 9.59 Å². The van der Waals surface area contributed by atoms with Gasteiger partial charge in [-0.3, -0.25) is 14.5 Å². The highest BCUT2D eigenvalue weighted by Crippen LogP contribution is 2.44. The Kier molecular flexibility index (Phi) is 6.80. The number of imidazole rings is 1. The second-order valence-corrected chi connectivity index (χ2v) is 8.98. The van der Waals surface area contributed by atoms with Crippen molar-refractivity contribution in [2.75, 3.05) is 33.3 Å². The molecule has 0 aliphatic carbocycles. The predicted molar refractivity (Wildman–Crippen MR) is 145 cm³/mol. The molecule has 1 amide bonds. The molecule has 1 aliphatic heterocycles. The predicted octanol–water partition coefficient (Wildman–Crippen LogP) is 4.88. The summed E-state index contributed by atoms with van der Waals surface area (Å²) in [6.45, 7) is 0. The van der Waals surface area contributed by atoms with E-state index in [2.05, 4.69) is 9.97 Å². The van der Waals surface area contributed by atoms with Crippen molar-refractivity contribution < 1.29 is 33.6 Å². The van der Waals surface area contributed by atoms with Gasteiger partial charge in [-0.25, -0.2) is 4.98 Å². The van der Waals surface area contributed by atoms with Gasteiger partial charge in [0.05, 0.1) is 61.7 Å². The molecule has 10 nitrogen and oxygen atoms in total. The number of aliphatic hydroxyl groups excluding tert-OH is 1. The quantitative estimate of drug-likeness (QED) is 0.190. The molecule has 1 aliphatic rings. The minimum absolute atomic E-state index is 0.120. The molecule has 2 N–H and O–H groups in total. The average molecular weight is 550 g/mol. The summed E-state index contributed by atoms with van der Waals surface area (Å²) in [5, 5.41) is 11.7. The number of hydrogen-bond donors (Lipinski definition) is 2.